The van der Waals surface area contributed by atoms with Gasteiger partial charge in [-0.1, -0.05) is 19.1 Å². The summed E-state index contributed by atoms with van der Waals surface area (Å²) in [4.78, 5) is 14.2. The highest BCUT2D eigenvalue weighted by atomic mass is 32.2. The molecule has 0 aromatic heterocycles. The molecule has 2 rings (SSSR count). The van der Waals surface area contributed by atoms with Crippen molar-refractivity contribution < 1.29 is 31.5 Å². The van der Waals surface area contributed by atoms with E-state index >= 15 is 0 Å². The Labute approximate surface area is 174 Å². The zero-order chi connectivity index (χ0) is 22.3. The molecule has 0 spiro atoms. The summed E-state index contributed by atoms with van der Waals surface area (Å²) in [6.07, 6.45) is 0.474. The molecule has 2 aromatic carbocycles. The van der Waals surface area contributed by atoms with Crippen LogP contribution in [0.3, 0.4) is 0 Å². The van der Waals surface area contributed by atoms with Crippen LogP contribution in [0.4, 0.5) is 14.5 Å². The molecule has 0 aliphatic carbocycles. The molecule has 164 valence electrons. The van der Waals surface area contributed by atoms with E-state index in [1.165, 1.54) is 30.2 Å². The monoisotopic (exact) mass is 442 g/mol. The van der Waals surface area contributed by atoms with Gasteiger partial charge in [0, 0.05) is 24.8 Å². The van der Waals surface area contributed by atoms with Crippen molar-refractivity contribution >= 4 is 21.6 Å². The number of alkyl halides is 2. The second kappa shape index (κ2) is 10.2. The summed E-state index contributed by atoms with van der Waals surface area (Å²) in [5.41, 5.74) is 1.25. The first-order valence-corrected chi connectivity index (χ1v) is 10.8. The highest BCUT2D eigenvalue weighted by molar-refractivity contribution is 7.92. The molecule has 1 amide bonds. The second-order valence-electron chi connectivity index (χ2n) is 6.53. The minimum atomic E-state index is -3.47. The standard InChI is InChI=1S/C20H24F2N2O5S/c1-4-10-30(26,27)23-16-7-5-6-15(12-16)19(25)24(2)13-14-8-9-17(29-20(21)22)18(11-14)28-3/h5-9,11-12,20,23H,4,10,13H2,1-3H3. The molecule has 0 aliphatic rings. The van der Waals surface area contributed by atoms with Crippen LogP contribution in [0.25, 0.3) is 0 Å². The lowest BCUT2D eigenvalue weighted by Crippen LogP contribution is -2.26. The number of benzene rings is 2. The molecular formula is C20H24F2N2O5S. The van der Waals surface area contributed by atoms with E-state index in [1.807, 2.05) is 0 Å². The van der Waals surface area contributed by atoms with E-state index in [2.05, 4.69) is 9.46 Å². The number of nitrogens with one attached hydrogen (secondary N) is 1. The van der Waals surface area contributed by atoms with Crippen molar-refractivity contribution in [3.63, 3.8) is 0 Å². The summed E-state index contributed by atoms with van der Waals surface area (Å²) < 4.78 is 60.7. The average molecular weight is 442 g/mol. The number of halogens is 2. The second-order valence-corrected chi connectivity index (χ2v) is 8.37. The number of sulfonamides is 1. The van der Waals surface area contributed by atoms with Crippen LogP contribution in [0.5, 0.6) is 11.5 Å². The van der Waals surface area contributed by atoms with Gasteiger partial charge in [-0.25, -0.2) is 8.42 Å². The van der Waals surface area contributed by atoms with Crippen LogP contribution >= 0.6 is 0 Å². The van der Waals surface area contributed by atoms with Gasteiger partial charge in [0.05, 0.1) is 12.9 Å². The van der Waals surface area contributed by atoms with Crippen molar-refractivity contribution in [3.8, 4) is 11.5 Å². The lowest BCUT2D eigenvalue weighted by atomic mass is 10.1. The Hall–Kier alpha value is -2.88. The number of hydrogen-bond donors (Lipinski definition) is 1. The van der Waals surface area contributed by atoms with Gasteiger partial charge in [0.2, 0.25) is 10.0 Å². The normalized spacial score (nSPS) is 11.3. The Morgan fingerprint density at radius 3 is 2.53 bits per heavy atom. The van der Waals surface area contributed by atoms with Gasteiger partial charge in [-0.05, 0) is 42.3 Å². The molecule has 1 N–H and O–H groups in total. The number of methoxy groups -OCH3 is 1. The van der Waals surface area contributed by atoms with Crippen LogP contribution in [-0.4, -0.2) is 45.7 Å². The first-order valence-electron chi connectivity index (χ1n) is 9.13. The van der Waals surface area contributed by atoms with Crippen LogP contribution in [0.15, 0.2) is 42.5 Å². The van der Waals surface area contributed by atoms with Gasteiger partial charge in [0.1, 0.15) is 0 Å². The van der Waals surface area contributed by atoms with E-state index in [4.69, 9.17) is 4.74 Å². The summed E-state index contributed by atoms with van der Waals surface area (Å²) in [5, 5.41) is 0. The minimum absolute atomic E-state index is 0.0157. The summed E-state index contributed by atoms with van der Waals surface area (Å²) in [7, 11) is -0.564. The fourth-order valence-corrected chi connectivity index (χ4v) is 3.91. The van der Waals surface area contributed by atoms with Gasteiger partial charge in [-0.2, -0.15) is 8.78 Å². The minimum Gasteiger partial charge on any atom is -0.493 e. The summed E-state index contributed by atoms with van der Waals surface area (Å²) >= 11 is 0. The average Bonchev–Trinajstić information content (AvgIpc) is 2.67. The fourth-order valence-electron chi connectivity index (χ4n) is 2.78. The third-order valence-electron chi connectivity index (χ3n) is 4.07. The Kier molecular flexibility index (Phi) is 7.99. The molecule has 0 bridgehead atoms. The molecule has 0 unspecified atom stereocenters. The maximum Gasteiger partial charge on any atom is 0.387 e. The molecule has 0 radical (unpaired) electrons. The third-order valence-corrected chi connectivity index (χ3v) is 5.56. The summed E-state index contributed by atoms with van der Waals surface area (Å²) in [6.45, 7) is -1.04. The van der Waals surface area contributed by atoms with Gasteiger partial charge in [-0.3, -0.25) is 9.52 Å². The van der Waals surface area contributed by atoms with Crippen molar-refractivity contribution in [1.82, 2.24) is 4.90 Å². The topological polar surface area (TPSA) is 84.9 Å². The van der Waals surface area contributed by atoms with Gasteiger partial charge < -0.3 is 14.4 Å². The number of nitrogens with zero attached hydrogens (tertiary/aromatic N) is 1. The Bertz CT molecular complexity index is 983. The number of anilines is 1. The number of amides is 1. The molecule has 7 nitrogen and oxygen atoms in total. The maximum atomic E-state index is 12.8. The molecule has 0 atom stereocenters. The molecule has 2 aromatic rings. The molecule has 0 heterocycles. The predicted molar refractivity (Wildman–Crippen MR) is 110 cm³/mol. The highest BCUT2D eigenvalue weighted by Gasteiger charge is 2.16. The number of carbonyl (C=O) groups is 1. The molecule has 0 fully saturated rings. The number of hydrogen-bond acceptors (Lipinski definition) is 5. The molecule has 0 saturated heterocycles. The van der Waals surface area contributed by atoms with Crippen molar-refractivity contribution in [2.75, 3.05) is 24.6 Å². The lowest BCUT2D eigenvalue weighted by Gasteiger charge is -2.19. The van der Waals surface area contributed by atoms with E-state index < -0.39 is 16.6 Å². The van der Waals surface area contributed by atoms with Crippen molar-refractivity contribution in [1.29, 1.82) is 0 Å². The van der Waals surface area contributed by atoms with Crippen LogP contribution in [0.1, 0.15) is 29.3 Å². The zero-order valence-corrected chi connectivity index (χ0v) is 17.7. The zero-order valence-electron chi connectivity index (χ0n) is 16.9. The van der Waals surface area contributed by atoms with E-state index in [-0.39, 0.29) is 29.7 Å². The van der Waals surface area contributed by atoms with Crippen LogP contribution < -0.4 is 14.2 Å². The van der Waals surface area contributed by atoms with Gasteiger partial charge in [0.25, 0.3) is 5.91 Å². The summed E-state index contributed by atoms with van der Waals surface area (Å²) in [5.74, 6) is -0.324. The number of carbonyl (C=O) groups excluding carboxylic acids is 1. The first kappa shape index (κ1) is 23.4. The molecular weight excluding hydrogens is 418 g/mol. The number of rotatable bonds is 10. The Morgan fingerprint density at radius 1 is 1.17 bits per heavy atom. The predicted octanol–water partition coefficient (Wildman–Crippen LogP) is 3.72. The molecule has 10 heteroatoms. The quantitative estimate of drug-likeness (QED) is 0.606. The summed E-state index contributed by atoms with van der Waals surface area (Å²) in [6, 6.07) is 10.6. The lowest BCUT2D eigenvalue weighted by molar-refractivity contribution is -0.0512. The first-order chi connectivity index (χ1) is 14.1. The largest absolute Gasteiger partial charge is 0.493 e. The smallest absolute Gasteiger partial charge is 0.387 e. The fraction of sp³-hybridized carbons (Fsp3) is 0.350. The van der Waals surface area contributed by atoms with E-state index in [0.29, 0.717) is 23.2 Å². The van der Waals surface area contributed by atoms with Crippen LogP contribution in [-0.2, 0) is 16.6 Å². The van der Waals surface area contributed by atoms with Crippen molar-refractivity contribution in [2.45, 2.75) is 26.5 Å². The van der Waals surface area contributed by atoms with Gasteiger partial charge >= 0.3 is 6.61 Å². The molecule has 0 saturated carbocycles. The van der Waals surface area contributed by atoms with Crippen LogP contribution in [0.2, 0.25) is 0 Å². The van der Waals surface area contributed by atoms with E-state index in [0.717, 1.165) is 0 Å². The van der Waals surface area contributed by atoms with Crippen molar-refractivity contribution in [2.24, 2.45) is 0 Å². The maximum absolute atomic E-state index is 12.8. The third kappa shape index (κ3) is 6.58. The van der Waals surface area contributed by atoms with E-state index in [9.17, 15) is 22.0 Å². The van der Waals surface area contributed by atoms with Gasteiger partial charge in [-0.15, -0.1) is 0 Å². The Balaban J connectivity index is 2.13. The highest BCUT2D eigenvalue weighted by Crippen LogP contribution is 2.30. The van der Waals surface area contributed by atoms with Crippen LogP contribution in [0, 0.1) is 0 Å². The molecule has 30 heavy (non-hydrogen) atoms. The van der Waals surface area contributed by atoms with Gasteiger partial charge in [0.15, 0.2) is 11.5 Å². The number of ether oxygens (including phenoxy) is 2. The Morgan fingerprint density at radius 2 is 1.90 bits per heavy atom. The van der Waals surface area contributed by atoms with E-state index in [1.54, 1.807) is 38.2 Å². The SMILES string of the molecule is CCCS(=O)(=O)Nc1cccc(C(=O)N(C)Cc2ccc(OC(F)F)c(OC)c2)c1. The van der Waals surface area contributed by atoms with Crippen molar-refractivity contribution in [3.05, 3.63) is 53.6 Å². The molecule has 0 aliphatic heterocycles.